The second-order valence-electron chi connectivity index (χ2n) is 6.66. The molecule has 1 atom stereocenters. The molecule has 0 aliphatic heterocycles. The molecule has 0 radical (unpaired) electrons. The minimum atomic E-state index is 0.127. The van der Waals surface area contributed by atoms with Crippen molar-refractivity contribution >= 4 is 22.2 Å². The first-order valence-corrected chi connectivity index (χ1v) is 9.40. The highest BCUT2D eigenvalue weighted by Gasteiger charge is 2.27. The molecule has 0 aromatic carbocycles. The van der Waals surface area contributed by atoms with Crippen molar-refractivity contribution in [2.45, 2.75) is 64.7 Å². The summed E-state index contributed by atoms with van der Waals surface area (Å²) in [6.07, 6.45) is 9.99. The number of carbonyl (C=O) groups is 1. The number of anilines is 1. The van der Waals surface area contributed by atoms with E-state index in [1.807, 2.05) is 0 Å². The molecule has 0 spiro atoms. The lowest BCUT2D eigenvalue weighted by molar-refractivity contribution is -0.120. The molecule has 1 fully saturated rings. The first-order valence-electron chi connectivity index (χ1n) is 8.58. The fourth-order valence-electron chi connectivity index (χ4n) is 3.79. The van der Waals surface area contributed by atoms with Crippen LogP contribution in [-0.2, 0) is 17.6 Å². The number of nitrogens with zero attached hydrogens (tertiary/aromatic N) is 1. The number of thiophene rings is 1. The summed E-state index contributed by atoms with van der Waals surface area (Å²) in [5.74, 6) is 1.00. The van der Waals surface area contributed by atoms with Gasteiger partial charge in [0.15, 0.2) is 0 Å². The average molecular weight is 316 g/mol. The standard InChI is InChI=1S/C18H24N2OS/c1-2-12-8-9-14-15(11-19)18(22-16(14)10-12)20-17(21)13-6-4-3-5-7-13/h12-13H,2-10H2,1H3,(H,20,21). The van der Waals surface area contributed by atoms with Crippen molar-refractivity contribution in [3.8, 4) is 6.07 Å². The van der Waals surface area contributed by atoms with Gasteiger partial charge < -0.3 is 5.32 Å². The van der Waals surface area contributed by atoms with Crippen LogP contribution in [0.15, 0.2) is 0 Å². The average Bonchev–Trinajstić information content (AvgIpc) is 2.91. The van der Waals surface area contributed by atoms with E-state index < -0.39 is 0 Å². The van der Waals surface area contributed by atoms with Gasteiger partial charge in [0, 0.05) is 10.8 Å². The number of hydrogen-bond donors (Lipinski definition) is 1. The Hall–Kier alpha value is -1.34. The molecule has 118 valence electrons. The van der Waals surface area contributed by atoms with E-state index >= 15 is 0 Å². The number of nitriles is 1. The van der Waals surface area contributed by atoms with E-state index in [9.17, 15) is 10.1 Å². The van der Waals surface area contributed by atoms with Crippen LogP contribution in [0.4, 0.5) is 5.00 Å². The molecule has 22 heavy (non-hydrogen) atoms. The van der Waals surface area contributed by atoms with Gasteiger partial charge in [-0.25, -0.2) is 0 Å². The summed E-state index contributed by atoms with van der Waals surface area (Å²) >= 11 is 1.64. The van der Waals surface area contributed by atoms with Crippen LogP contribution in [0.1, 0.15) is 67.9 Å². The largest absolute Gasteiger partial charge is 0.316 e. The summed E-state index contributed by atoms with van der Waals surface area (Å²) in [5, 5.41) is 13.4. The molecule has 1 aromatic rings. The van der Waals surface area contributed by atoms with Crippen LogP contribution >= 0.6 is 11.3 Å². The van der Waals surface area contributed by atoms with Gasteiger partial charge in [0.2, 0.25) is 5.91 Å². The van der Waals surface area contributed by atoms with Crippen molar-refractivity contribution in [1.29, 1.82) is 5.26 Å². The van der Waals surface area contributed by atoms with Gasteiger partial charge in [-0.15, -0.1) is 11.3 Å². The molecule has 3 nitrogen and oxygen atoms in total. The summed E-state index contributed by atoms with van der Waals surface area (Å²) < 4.78 is 0. The maximum Gasteiger partial charge on any atom is 0.228 e. The highest BCUT2D eigenvalue weighted by molar-refractivity contribution is 7.16. The third-order valence-corrected chi connectivity index (χ3v) is 6.44. The van der Waals surface area contributed by atoms with E-state index in [0.717, 1.165) is 55.0 Å². The van der Waals surface area contributed by atoms with Crippen LogP contribution in [0.25, 0.3) is 0 Å². The Kier molecular flexibility index (Phi) is 4.83. The van der Waals surface area contributed by atoms with Crippen LogP contribution in [-0.4, -0.2) is 5.91 Å². The molecule has 1 unspecified atom stereocenters. The number of nitrogens with one attached hydrogen (secondary N) is 1. The summed E-state index contributed by atoms with van der Waals surface area (Å²) in [5.41, 5.74) is 1.94. The minimum Gasteiger partial charge on any atom is -0.316 e. The van der Waals surface area contributed by atoms with E-state index in [1.165, 1.54) is 29.7 Å². The monoisotopic (exact) mass is 316 g/mol. The van der Waals surface area contributed by atoms with E-state index in [1.54, 1.807) is 11.3 Å². The maximum atomic E-state index is 12.5. The Labute approximate surface area is 136 Å². The second-order valence-corrected chi connectivity index (χ2v) is 7.77. The molecule has 2 aliphatic carbocycles. The lowest BCUT2D eigenvalue weighted by Crippen LogP contribution is -2.24. The number of amides is 1. The molecule has 1 N–H and O–H groups in total. The van der Waals surface area contributed by atoms with E-state index in [0.29, 0.717) is 0 Å². The van der Waals surface area contributed by atoms with Crippen LogP contribution < -0.4 is 5.32 Å². The summed E-state index contributed by atoms with van der Waals surface area (Å²) in [6, 6.07) is 2.34. The van der Waals surface area contributed by atoms with Crippen LogP contribution in [0.3, 0.4) is 0 Å². The van der Waals surface area contributed by atoms with Gasteiger partial charge in [0.1, 0.15) is 11.1 Å². The predicted molar refractivity (Wildman–Crippen MR) is 90.0 cm³/mol. The molecule has 1 amide bonds. The lowest BCUT2D eigenvalue weighted by Gasteiger charge is -2.20. The Morgan fingerprint density at radius 1 is 1.32 bits per heavy atom. The first kappa shape index (κ1) is 15.6. The quantitative estimate of drug-likeness (QED) is 0.882. The smallest absolute Gasteiger partial charge is 0.228 e. The number of hydrogen-bond acceptors (Lipinski definition) is 3. The van der Waals surface area contributed by atoms with Crippen molar-refractivity contribution in [1.82, 2.24) is 0 Å². The Morgan fingerprint density at radius 2 is 2.09 bits per heavy atom. The van der Waals surface area contributed by atoms with Crippen molar-refractivity contribution < 1.29 is 4.79 Å². The van der Waals surface area contributed by atoms with Gasteiger partial charge in [-0.05, 0) is 43.6 Å². The zero-order chi connectivity index (χ0) is 15.5. The van der Waals surface area contributed by atoms with E-state index in [2.05, 4.69) is 18.3 Å². The fraction of sp³-hybridized carbons (Fsp3) is 0.667. The zero-order valence-electron chi connectivity index (χ0n) is 13.3. The first-order chi connectivity index (χ1) is 10.7. The van der Waals surface area contributed by atoms with E-state index in [-0.39, 0.29) is 11.8 Å². The molecule has 1 aromatic heterocycles. The lowest BCUT2D eigenvalue weighted by atomic mass is 9.86. The maximum absolute atomic E-state index is 12.5. The van der Waals surface area contributed by atoms with Gasteiger partial charge in [0.25, 0.3) is 0 Å². The van der Waals surface area contributed by atoms with Gasteiger partial charge in [-0.2, -0.15) is 5.26 Å². The molecule has 0 bridgehead atoms. The highest BCUT2D eigenvalue weighted by Crippen LogP contribution is 2.40. The highest BCUT2D eigenvalue weighted by atomic mass is 32.1. The minimum absolute atomic E-state index is 0.127. The van der Waals surface area contributed by atoms with E-state index in [4.69, 9.17) is 0 Å². The number of fused-ring (bicyclic) bond motifs is 1. The fourth-order valence-corrected chi connectivity index (χ4v) is 5.10. The second kappa shape index (κ2) is 6.83. The van der Waals surface area contributed by atoms with Crippen molar-refractivity contribution in [3.63, 3.8) is 0 Å². The summed E-state index contributed by atoms with van der Waals surface area (Å²) in [7, 11) is 0. The van der Waals surface area contributed by atoms with Gasteiger partial charge in [-0.1, -0.05) is 32.6 Å². The van der Waals surface area contributed by atoms with Crippen molar-refractivity contribution in [3.05, 3.63) is 16.0 Å². The molecule has 0 saturated heterocycles. The Morgan fingerprint density at radius 3 is 2.77 bits per heavy atom. The van der Waals surface area contributed by atoms with Crippen LogP contribution in [0.5, 0.6) is 0 Å². The SMILES string of the molecule is CCC1CCc2c(sc(NC(=O)C3CCCCC3)c2C#N)C1. The summed E-state index contributed by atoms with van der Waals surface area (Å²) in [6.45, 7) is 2.24. The molecular weight excluding hydrogens is 292 g/mol. The van der Waals surface area contributed by atoms with Gasteiger partial charge in [-0.3, -0.25) is 4.79 Å². The normalized spacial score (nSPS) is 21.9. The molecular formula is C18H24N2OS. The number of carbonyl (C=O) groups excluding carboxylic acids is 1. The predicted octanol–water partition coefficient (Wildman–Crippen LogP) is 4.65. The number of rotatable bonds is 3. The molecule has 1 saturated carbocycles. The van der Waals surface area contributed by atoms with Gasteiger partial charge >= 0.3 is 0 Å². The zero-order valence-corrected chi connectivity index (χ0v) is 14.1. The van der Waals surface area contributed by atoms with Crippen molar-refractivity contribution in [2.75, 3.05) is 5.32 Å². The van der Waals surface area contributed by atoms with Crippen molar-refractivity contribution in [2.24, 2.45) is 11.8 Å². The summed E-state index contributed by atoms with van der Waals surface area (Å²) in [4.78, 5) is 13.8. The molecule has 1 heterocycles. The molecule has 3 rings (SSSR count). The third kappa shape index (κ3) is 3.05. The Balaban J connectivity index is 1.78. The van der Waals surface area contributed by atoms with Crippen LogP contribution in [0.2, 0.25) is 0 Å². The van der Waals surface area contributed by atoms with Gasteiger partial charge in [0.05, 0.1) is 5.56 Å². The molecule has 2 aliphatic rings. The Bertz CT molecular complexity index is 593. The third-order valence-electron chi connectivity index (χ3n) is 5.27. The topological polar surface area (TPSA) is 52.9 Å². The molecule has 4 heteroatoms. The van der Waals surface area contributed by atoms with Crippen LogP contribution in [0, 0.1) is 23.2 Å².